The molecule has 0 saturated heterocycles. The lowest BCUT2D eigenvalue weighted by molar-refractivity contribution is -0.138. The summed E-state index contributed by atoms with van der Waals surface area (Å²) < 4.78 is 13.5. The van der Waals surface area contributed by atoms with E-state index in [2.05, 4.69) is 9.24 Å². The second kappa shape index (κ2) is 8.68. The molecule has 2 fully saturated rings. The maximum Gasteiger partial charge on any atom is 0.303 e. The molecule has 1 amide bonds. The highest BCUT2D eigenvalue weighted by atomic mass is 31.0. The predicted octanol–water partition coefficient (Wildman–Crippen LogP) is 4.60. The summed E-state index contributed by atoms with van der Waals surface area (Å²) in [5.41, 5.74) is 1.55. The number of alkyl halides is 1. The lowest BCUT2D eigenvalue weighted by Gasteiger charge is -2.37. The molecule has 6 heteroatoms. The van der Waals surface area contributed by atoms with E-state index in [0.717, 1.165) is 44.1 Å². The van der Waals surface area contributed by atoms with Gasteiger partial charge in [-0.3, -0.25) is 9.59 Å². The number of aliphatic carboxylic acids is 1. The minimum atomic E-state index is -1.00. The van der Waals surface area contributed by atoms with E-state index in [-0.39, 0.29) is 30.2 Å². The molecule has 2 aliphatic rings. The van der Waals surface area contributed by atoms with Gasteiger partial charge in [0, 0.05) is 30.0 Å². The number of carboxylic acids is 1. The van der Waals surface area contributed by atoms with Gasteiger partial charge < -0.3 is 10.0 Å². The molecule has 148 valence electrons. The molecule has 0 aromatic heterocycles. The summed E-state index contributed by atoms with van der Waals surface area (Å²) in [6.07, 6.45) is 5.83. The first-order chi connectivity index (χ1) is 12.9. The molecule has 3 unspecified atom stereocenters. The SMILES string of the molecule is CC(c1ccc(C(=O)N(C2CCC(CC(=O)O)CC2)C2CC2)cc1)C(F)P. The highest BCUT2D eigenvalue weighted by Crippen LogP contribution is 2.37. The molecule has 1 N–H and O–H groups in total. The molecule has 0 aliphatic heterocycles. The minimum absolute atomic E-state index is 0.0565. The molecule has 2 saturated carbocycles. The first-order valence-electron chi connectivity index (χ1n) is 9.91. The lowest BCUT2D eigenvalue weighted by Crippen LogP contribution is -2.44. The molecule has 3 rings (SSSR count). The number of hydrogen-bond donors (Lipinski definition) is 1. The Morgan fingerprint density at radius 3 is 2.07 bits per heavy atom. The van der Waals surface area contributed by atoms with Gasteiger partial charge in [-0.2, -0.15) is 0 Å². The Hall–Kier alpha value is -1.48. The summed E-state index contributed by atoms with van der Waals surface area (Å²) in [5, 5.41) is 8.98. The van der Waals surface area contributed by atoms with Gasteiger partial charge in [-0.15, -0.1) is 9.24 Å². The molecule has 0 bridgehead atoms. The van der Waals surface area contributed by atoms with E-state index >= 15 is 0 Å². The molecule has 0 heterocycles. The van der Waals surface area contributed by atoms with E-state index in [9.17, 15) is 14.0 Å². The van der Waals surface area contributed by atoms with Crippen molar-refractivity contribution in [3.63, 3.8) is 0 Å². The molecule has 1 aromatic carbocycles. The standard InChI is InChI=1S/C21H29FNO3P/c1-13(20(22)27)15-4-6-16(7-5-15)21(26)23(18-10-11-18)17-8-2-14(3-9-17)12-19(24)25/h4-7,13-14,17-18,20H,2-3,8-12,27H2,1H3,(H,24,25). The smallest absolute Gasteiger partial charge is 0.303 e. The van der Waals surface area contributed by atoms with Crippen LogP contribution in [0.1, 0.15) is 73.7 Å². The number of halogens is 1. The van der Waals surface area contributed by atoms with Gasteiger partial charge in [-0.25, -0.2) is 4.39 Å². The van der Waals surface area contributed by atoms with E-state index in [1.807, 2.05) is 36.1 Å². The van der Waals surface area contributed by atoms with Gasteiger partial charge in [0.15, 0.2) is 0 Å². The molecule has 2 aliphatic carbocycles. The summed E-state index contributed by atoms with van der Waals surface area (Å²) in [5.74, 6) is -1.67. The summed E-state index contributed by atoms with van der Waals surface area (Å²) in [4.78, 5) is 26.1. The summed E-state index contributed by atoms with van der Waals surface area (Å²) in [6, 6.07) is 7.85. The van der Waals surface area contributed by atoms with Crippen molar-refractivity contribution in [1.82, 2.24) is 4.90 Å². The van der Waals surface area contributed by atoms with Crippen molar-refractivity contribution >= 4 is 21.1 Å². The highest BCUT2D eigenvalue weighted by molar-refractivity contribution is 7.17. The van der Waals surface area contributed by atoms with Crippen LogP contribution in [0.2, 0.25) is 0 Å². The third kappa shape index (κ3) is 5.07. The van der Waals surface area contributed by atoms with Gasteiger partial charge in [-0.1, -0.05) is 19.1 Å². The van der Waals surface area contributed by atoms with Crippen molar-refractivity contribution in [3.05, 3.63) is 35.4 Å². The fraction of sp³-hybridized carbons (Fsp3) is 0.619. The number of carboxylic acid groups (broad SMARTS) is 1. The van der Waals surface area contributed by atoms with E-state index in [1.54, 1.807) is 0 Å². The molecule has 27 heavy (non-hydrogen) atoms. The van der Waals surface area contributed by atoms with Crippen LogP contribution in [-0.2, 0) is 4.79 Å². The Balaban J connectivity index is 1.67. The zero-order valence-corrected chi connectivity index (χ0v) is 17.0. The maximum atomic E-state index is 13.5. The first-order valence-corrected chi connectivity index (χ1v) is 10.6. The van der Waals surface area contributed by atoms with E-state index in [4.69, 9.17) is 5.11 Å². The van der Waals surface area contributed by atoms with Crippen LogP contribution < -0.4 is 0 Å². The predicted molar refractivity (Wildman–Crippen MR) is 107 cm³/mol. The van der Waals surface area contributed by atoms with Crippen LogP contribution in [0.3, 0.4) is 0 Å². The van der Waals surface area contributed by atoms with Gasteiger partial charge in [0.25, 0.3) is 5.91 Å². The van der Waals surface area contributed by atoms with Gasteiger partial charge >= 0.3 is 5.97 Å². The van der Waals surface area contributed by atoms with Crippen molar-refractivity contribution in [2.75, 3.05) is 0 Å². The zero-order chi connectivity index (χ0) is 19.6. The summed E-state index contributed by atoms with van der Waals surface area (Å²) >= 11 is 0. The quantitative estimate of drug-likeness (QED) is 0.689. The maximum absolute atomic E-state index is 13.5. The van der Waals surface area contributed by atoms with Gasteiger partial charge in [0.1, 0.15) is 5.91 Å². The van der Waals surface area contributed by atoms with Crippen LogP contribution >= 0.6 is 9.24 Å². The third-order valence-electron chi connectivity index (χ3n) is 6.01. The minimum Gasteiger partial charge on any atom is -0.481 e. The number of amides is 1. The van der Waals surface area contributed by atoms with Gasteiger partial charge in [0.2, 0.25) is 0 Å². The first kappa shape index (κ1) is 20.3. The van der Waals surface area contributed by atoms with Crippen LogP contribution in [0.5, 0.6) is 0 Å². The van der Waals surface area contributed by atoms with Crippen molar-refractivity contribution in [2.45, 2.75) is 75.8 Å². The lowest BCUT2D eigenvalue weighted by atomic mass is 9.83. The average molecular weight is 393 g/mol. The van der Waals surface area contributed by atoms with E-state index in [1.165, 1.54) is 0 Å². The monoisotopic (exact) mass is 393 g/mol. The second-order valence-electron chi connectivity index (χ2n) is 8.07. The molecule has 4 nitrogen and oxygen atoms in total. The van der Waals surface area contributed by atoms with Crippen molar-refractivity contribution in [1.29, 1.82) is 0 Å². The Morgan fingerprint density at radius 2 is 1.63 bits per heavy atom. The van der Waals surface area contributed by atoms with E-state index < -0.39 is 11.9 Å². The third-order valence-corrected chi connectivity index (χ3v) is 6.59. The molecule has 0 spiro atoms. The van der Waals surface area contributed by atoms with Crippen molar-refractivity contribution in [3.8, 4) is 0 Å². The molecular formula is C21H29FNO3P. The van der Waals surface area contributed by atoms with Crippen LogP contribution in [0.25, 0.3) is 0 Å². The van der Waals surface area contributed by atoms with Crippen LogP contribution in [0.4, 0.5) is 4.39 Å². The van der Waals surface area contributed by atoms with Crippen LogP contribution in [0, 0.1) is 5.92 Å². The zero-order valence-electron chi connectivity index (χ0n) is 15.8. The highest BCUT2D eigenvalue weighted by Gasteiger charge is 2.39. The molecule has 1 aromatic rings. The van der Waals surface area contributed by atoms with Gasteiger partial charge in [0.05, 0.1) is 0 Å². The average Bonchev–Trinajstić information content (AvgIpc) is 3.47. The second-order valence-corrected chi connectivity index (χ2v) is 8.71. The summed E-state index contributed by atoms with van der Waals surface area (Å²) in [7, 11) is 2.18. The normalized spacial score (nSPS) is 24.9. The van der Waals surface area contributed by atoms with Crippen LogP contribution in [-0.4, -0.2) is 39.9 Å². The summed E-state index contributed by atoms with van der Waals surface area (Å²) in [6.45, 7) is 1.83. The van der Waals surface area contributed by atoms with E-state index in [0.29, 0.717) is 11.6 Å². The fourth-order valence-corrected chi connectivity index (χ4v) is 4.34. The fourth-order valence-electron chi connectivity index (χ4n) is 4.12. The molecular weight excluding hydrogens is 364 g/mol. The number of hydrogen-bond acceptors (Lipinski definition) is 2. The largest absolute Gasteiger partial charge is 0.481 e. The number of nitrogens with zero attached hydrogens (tertiary/aromatic N) is 1. The number of carbonyl (C=O) groups is 2. The number of rotatable bonds is 7. The Labute approximate surface area is 162 Å². The van der Waals surface area contributed by atoms with Crippen LogP contribution in [0.15, 0.2) is 24.3 Å². The Morgan fingerprint density at radius 1 is 1.11 bits per heavy atom. The Bertz CT molecular complexity index is 667. The Kier molecular flexibility index (Phi) is 6.52. The molecule has 3 atom stereocenters. The topological polar surface area (TPSA) is 57.6 Å². The van der Waals surface area contributed by atoms with Crippen molar-refractivity contribution < 1.29 is 19.1 Å². The number of carbonyl (C=O) groups excluding carboxylic acids is 1. The molecule has 0 radical (unpaired) electrons. The van der Waals surface area contributed by atoms with Gasteiger partial charge in [-0.05, 0) is 62.1 Å². The number of benzene rings is 1. The van der Waals surface area contributed by atoms with Crippen molar-refractivity contribution in [2.24, 2.45) is 5.92 Å².